The first-order valence-electron chi connectivity index (χ1n) is 8.12. The summed E-state index contributed by atoms with van der Waals surface area (Å²) in [6.45, 7) is 4.24. The highest BCUT2D eigenvalue weighted by Crippen LogP contribution is 2.42. The second-order valence-corrected chi connectivity index (χ2v) is 6.78. The second-order valence-electron chi connectivity index (χ2n) is 6.78. The molecule has 3 rings (SSSR count). The Morgan fingerprint density at radius 1 is 1.43 bits per heavy atom. The Balaban J connectivity index is 1.94. The van der Waals surface area contributed by atoms with Crippen LogP contribution in [0.4, 0.5) is 0 Å². The number of ether oxygens (including phenoxy) is 1. The number of carbonyl (C=O) groups is 1. The van der Waals surface area contributed by atoms with E-state index in [2.05, 4.69) is 4.98 Å². The fourth-order valence-electron chi connectivity index (χ4n) is 3.96. The number of hydrogen-bond acceptors (Lipinski definition) is 4. The number of hydrogen-bond donors (Lipinski definition) is 2. The Kier molecular flexibility index (Phi) is 4.06. The molecule has 0 bridgehead atoms. The highest BCUT2D eigenvalue weighted by atomic mass is 16.5. The minimum absolute atomic E-state index is 0.167. The number of aliphatic hydroxyl groups excluding tert-OH is 1. The fourth-order valence-corrected chi connectivity index (χ4v) is 3.96. The van der Waals surface area contributed by atoms with Crippen LogP contribution in [0.5, 0.6) is 0 Å². The van der Waals surface area contributed by atoms with Gasteiger partial charge in [-0.25, -0.2) is 0 Å². The lowest BCUT2D eigenvalue weighted by molar-refractivity contribution is -0.0824. The van der Waals surface area contributed by atoms with Crippen molar-refractivity contribution in [2.45, 2.75) is 57.3 Å². The molecule has 1 aromatic rings. The van der Waals surface area contributed by atoms with Gasteiger partial charge in [-0.2, -0.15) is 0 Å². The molecule has 3 atom stereocenters. The largest absolute Gasteiger partial charge is 0.393 e. The smallest absolute Gasteiger partial charge is 0.261 e. The van der Waals surface area contributed by atoms with Crippen molar-refractivity contribution in [1.82, 2.24) is 9.88 Å². The van der Waals surface area contributed by atoms with Crippen molar-refractivity contribution >= 4 is 5.91 Å². The molecule has 126 valence electrons. The molecule has 0 spiro atoms. The zero-order valence-corrected chi connectivity index (χ0v) is 13.9. The van der Waals surface area contributed by atoms with Crippen LogP contribution in [0.3, 0.4) is 0 Å². The average Bonchev–Trinajstić information content (AvgIpc) is 2.89. The predicted octanol–water partition coefficient (Wildman–Crippen LogP) is 1.14. The second kappa shape index (κ2) is 5.76. The van der Waals surface area contributed by atoms with Crippen LogP contribution in [0.15, 0.2) is 10.9 Å². The van der Waals surface area contributed by atoms with E-state index in [4.69, 9.17) is 4.74 Å². The fraction of sp³-hybridized carbons (Fsp3) is 0.647. The van der Waals surface area contributed by atoms with E-state index < -0.39 is 6.10 Å². The molecule has 2 aliphatic rings. The van der Waals surface area contributed by atoms with Crippen molar-refractivity contribution in [2.24, 2.45) is 0 Å². The molecule has 1 aliphatic heterocycles. The van der Waals surface area contributed by atoms with E-state index in [1.54, 1.807) is 18.1 Å². The van der Waals surface area contributed by atoms with Crippen molar-refractivity contribution in [3.05, 3.63) is 33.2 Å². The minimum atomic E-state index is -0.422. The van der Waals surface area contributed by atoms with Crippen LogP contribution in [0.1, 0.15) is 47.3 Å². The van der Waals surface area contributed by atoms with E-state index in [0.29, 0.717) is 19.4 Å². The molecule has 1 saturated heterocycles. The van der Waals surface area contributed by atoms with Gasteiger partial charge in [0.1, 0.15) is 5.56 Å². The molecule has 1 amide bonds. The molecule has 2 N–H and O–H groups in total. The lowest BCUT2D eigenvalue weighted by Crippen LogP contribution is -2.53. The number of likely N-dealkylation sites (tertiary alicyclic amines) is 1. The maximum Gasteiger partial charge on any atom is 0.261 e. The summed E-state index contributed by atoms with van der Waals surface area (Å²) in [4.78, 5) is 29.5. The molecule has 23 heavy (non-hydrogen) atoms. The molecule has 0 aromatic carbocycles. The molecule has 1 saturated carbocycles. The van der Waals surface area contributed by atoms with Crippen molar-refractivity contribution in [1.29, 1.82) is 0 Å². The summed E-state index contributed by atoms with van der Waals surface area (Å²) in [7, 11) is 1.67. The molecular weight excluding hydrogens is 296 g/mol. The summed E-state index contributed by atoms with van der Waals surface area (Å²) >= 11 is 0. The first-order valence-corrected chi connectivity index (χ1v) is 8.12. The summed E-state index contributed by atoms with van der Waals surface area (Å²) in [5.74, 6) is -0.271. The van der Waals surface area contributed by atoms with E-state index in [-0.39, 0.29) is 28.7 Å². The summed E-state index contributed by atoms with van der Waals surface area (Å²) in [5.41, 5.74) is 1.08. The van der Waals surface area contributed by atoms with E-state index >= 15 is 0 Å². The Hall–Kier alpha value is -1.66. The van der Waals surface area contributed by atoms with Crippen LogP contribution in [0.2, 0.25) is 0 Å². The lowest BCUT2D eigenvalue weighted by atomic mass is 9.79. The Morgan fingerprint density at radius 3 is 2.87 bits per heavy atom. The number of nitrogens with one attached hydrogen (secondary N) is 1. The summed E-state index contributed by atoms with van der Waals surface area (Å²) in [6, 6.07) is 1.48. The minimum Gasteiger partial charge on any atom is -0.393 e. The van der Waals surface area contributed by atoms with Crippen LogP contribution in [0, 0.1) is 13.8 Å². The number of nitrogens with zero attached hydrogens (tertiary/aromatic N) is 1. The Morgan fingerprint density at radius 2 is 2.17 bits per heavy atom. The third kappa shape index (κ3) is 2.60. The molecule has 0 unspecified atom stereocenters. The zero-order valence-electron chi connectivity index (χ0n) is 13.9. The number of amides is 1. The summed E-state index contributed by atoms with van der Waals surface area (Å²) in [6.07, 6.45) is 2.26. The lowest BCUT2D eigenvalue weighted by Gasteiger charge is -2.42. The number of fused-ring (bicyclic) bond motifs is 1. The van der Waals surface area contributed by atoms with Crippen molar-refractivity contribution in [3.8, 4) is 0 Å². The number of rotatable bonds is 2. The average molecular weight is 320 g/mol. The SMILES string of the molecule is CO[C@]12CC[C@@H](O)C[C@H]1N(C(=O)c1cc(C)c(C)[nH]c1=O)CC2. The van der Waals surface area contributed by atoms with E-state index in [9.17, 15) is 14.7 Å². The van der Waals surface area contributed by atoms with Crippen molar-refractivity contribution < 1.29 is 14.6 Å². The van der Waals surface area contributed by atoms with E-state index in [1.165, 1.54) is 0 Å². The van der Waals surface area contributed by atoms with Crippen LogP contribution in [-0.2, 0) is 4.74 Å². The first kappa shape index (κ1) is 16.2. The van der Waals surface area contributed by atoms with Gasteiger partial charge in [0.05, 0.1) is 17.7 Å². The highest BCUT2D eigenvalue weighted by molar-refractivity contribution is 5.94. The molecule has 0 radical (unpaired) electrons. The van der Waals surface area contributed by atoms with Gasteiger partial charge >= 0.3 is 0 Å². The monoisotopic (exact) mass is 320 g/mol. The number of methoxy groups -OCH3 is 1. The van der Waals surface area contributed by atoms with Gasteiger partial charge in [-0.1, -0.05) is 0 Å². The van der Waals surface area contributed by atoms with E-state index in [1.807, 2.05) is 13.8 Å². The molecule has 2 fully saturated rings. The molecule has 1 aliphatic carbocycles. The van der Waals surface area contributed by atoms with Gasteiger partial charge in [-0.05, 0) is 51.2 Å². The van der Waals surface area contributed by atoms with Crippen molar-refractivity contribution in [3.63, 3.8) is 0 Å². The quantitative estimate of drug-likeness (QED) is 0.856. The number of carbonyl (C=O) groups excluding carboxylic acids is 1. The molecule has 1 aromatic heterocycles. The number of aromatic amines is 1. The van der Waals surface area contributed by atoms with Gasteiger partial charge in [-0.3, -0.25) is 9.59 Å². The number of H-pyrrole nitrogens is 1. The molecule has 6 nitrogen and oxygen atoms in total. The topological polar surface area (TPSA) is 82.6 Å². The van der Waals surface area contributed by atoms with Crippen LogP contribution >= 0.6 is 0 Å². The first-order chi connectivity index (χ1) is 10.9. The predicted molar refractivity (Wildman–Crippen MR) is 85.6 cm³/mol. The molecule has 2 heterocycles. The van der Waals surface area contributed by atoms with E-state index in [0.717, 1.165) is 24.1 Å². The Labute approximate surface area is 135 Å². The zero-order chi connectivity index (χ0) is 16.8. The third-order valence-electron chi connectivity index (χ3n) is 5.55. The van der Waals surface area contributed by atoms with Gasteiger partial charge < -0.3 is 19.7 Å². The van der Waals surface area contributed by atoms with Gasteiger partial charge in [-0.15, -0.1) is 0 Å². The standard InChI is InChI=1S/C17H24N2O4/c1-10-8-13(15(21)18-11(10)2)16(22)19-7-6-17(23-3)5-4-12(20)9-14(17)19/h8,12,14,20H,4-7,9H2,1-3H3,(H,18,21)/t12-,14-,17+/m1/s1. The van der Waals surface area contributed by atoms with Gasteiger partial charge in [0.2, 0.25) is 0 Å². The number of aryl methyl sites for hydroxylation is 2. The number of aliphatic hydroxyl groups is 1. The van der Waals surface area contributed by atoms with Gasteiger partial charge in [0.25, 0.3) is 11.5 Å². The normalized spacial score (nSPS) is 30.3. The molecule has 6 heteroatoms. The van der Waals surface area contributed by atoms with Gasteiger partial charge in [0, 0.05) is 19.3 Å². The third-order valence-corrected chi connectivity index (χ3v) is 5.55. The number of aromatic nitrogens is 1. The highest BCUT2D eigenvalue weighted by Gasteiger charge is 2.52. The maximum absolute atomic E-state index is 12.9. The Bertz CT molecular complexity index is 684. The van der Waals surface area contributed by atoms with Crippen molar-refractivity contribution in [2.75, 3.05) is 13.7 Å². The van der Waals surface area contributed by atoms with Crippen LogP contribution < -0.4 is 5.56 Å². The van der Waals surface area contributed by atoms with Crippen LogP contribution in [0.25, 0.3) is 0 Å². The van der Waals surface area contributed by atoms with Crippen LogP contribution in [-0.4, -0.2) is 52.3 Å². The molecular formula is C17H24N2O4. The number of pyridine rings is 1. The summed E-state index contributed by atoms with van der Waals surface area (Å²) in [5, 5.41) is 10.0. The summed E-state index contributed by atoms with van der Waals surface area (Å²) < 4.78 is 5.75. The maximum atomic E-state index is 12.9. The van der Waals surface area contributed by atoms with Gasteiger partial charge in [0.15, 0.2) is 0 Å².